The van der Waals surface area contributed by atoms with Crippen molar-refractivity contribution in [1.29, 1.82) is 0 Å². The topological polar surface area (TPSA) is 47.9 Å². The molecule has 0 fully saturated rings. The zero-order valence-corrected chi connectivity index (χ0v) is 10.9. The number of methoxy groups -OCH3 is 1. The molecule has 0 aliphatic heterocycles. The summed E-state index contributed by atoms with van der Waals surface area (Å²) < 4.78 is 16.0. The number of ether oxygens (including phenoxy) is 3. The number of hydrogen-bond donors (Lipinski definition) is 1. The molecule has 0 aromatic rings. The van der Waals surface area contributed by atoms with Crippen molar-refractivity contribution < 1.29 is 19.3 Å². The van der Waals surface area contributed by atoms with Gasteiger partial charge in [-0.3, -0.25) is 0 Å². The van der Waals surface area contributed by atoms with Crippen molar-refractivity contribution in [3.8, 4) is 0 Å². The normalized spacial score (nSPS) is 17.1. The lowest BCUT2D eigenvalue weighted by atomic mass is 10.1. The first-order valence-electron chi connectivity index (χ1n) is 5.96. The number of rotatable bonds is 10. The van der Waals surface area contributed by atoms with Crippen LogP contribution < -0.4 is 0 Å². The third kappa shape index (κ3) is 9.09. The number of hydrogen-bond acceptors (Lipinski definition) is 4. The summed E-state index contributed by atoms with van der Waals surface area (Å²) in [5, 5.41) is 9.05. The summed E-state index contributed by atoms with van der Waals surface area (Å²) in [6.45, 7) is 8.14. The molecule has 0 radical (unpaired) electrons. The molecule has 3 atom stereocenters. The zero-order valence-electron chi connectivity index (χ0n) is 10.9. The Bertz CT molecular complexity index is 150. The lowest BCUT2D eigenvalue weighted by Gasteiger charge is -2.17. The highest BCUT2D eigenvalue weighted by molar-refractivity contribution is 4.56. The van der Waals surface area contributed by atoms with Crippen molar-refractivity contribution in [3.05, 3.63) is 0 Å². The second kappa shape index (κ2) is 10.0. The Balaban J connectivity index is 3.51. The molecule has 0 amide bonds. The zero-order chi connectivity index (χ0) is 12.4. The Morgan fingerprint density at radius 1 is 1.00 bits per heavy atom. The first-order valence-corrected chi connectivity index (χ1v) is 5.96. The second-order valence-corrected chi connectivity index (χ2v) is 4.24. The van der Waals surface area contributed by atoms with Crippen molar-refractivity contribution in [2.45, 2.75) is 39.4 Å². The van der Waals surface area contributed by atoms with E-state index in [-0.39, 0.29) is 6.10 Å². The minimum Gasteiger partial charge on any atom is -0.391 e. The van der Waals surface area contributed by atoms with Gasteiger partial charge < -0.3 is 19.3 Å². The highest BCUT2D eigenvalue weighted by Crippen LogP contribution is 2.05. The smallest absolute Gasteiger partial charge is 0.0776 e. The van der Waals surface area contributed by atoms with Crippen LogP contribution in [0.1, 0.15) is 27.2 Å². The Morgan fingerprint density at radius 3 is 2.00 bits per heavy atom. The molecule has 98 valence electrons. The minimum absolute atomic E-state index is 0.135. The Morgan fingerprint density at radius 2 is 1.56 bits per heavy atom. The summed E-state index contributed by atoms with van der Waals surface area (Å²) in [5.74, 6) is 0.391. The molecule has 1 N–H and O–H groups in total. The van der Waals surface area contributed by atoms with Gasteiger partial charge in [-0.1, -0.05) is 6.92 Å². The van der Waals surface area contributed by atoms with Crippen LogP contribution in [0.25, 0.3) is 0 Å². The van der Waals surface area contributed by atoms with Crippen LogP contribution in [0.3, 0.4) is 0 Å². The maximum absolute atomic E-state index is 9.05. The van der Waals surface area contributed by atoms with Gasteiger partial charge in [0, 0.05) is 13.0 Å². The summed E-state index contributed by atoms with van der Waals surface area (Å²) in [7, 11) is 1.68. The van der Waals surface area contributed by atoms with E-state index in [9.17, 15) is 0 Å². The summed E-state index contributed by atoms with van der Waals surface area (Å²) >= 11 is 0. The van der Waals surface area contributed by atoms with Gasteiger partial charge in [0.05, 0.1) is 38.6 Å². The molecule has 3 unspecified atom stereocenters. The fraction of sp³-hybridized carbons (Fsp3) is 1.00. The first kappa shape index (κ1) is 15.8. The lowest BCUT2D eigenvalue weighted by molar-refractivity contribution is -0.0209. The van der Waals surface area contributed by atoms with Crippen molar-refractivity contribution in [1.82, 2.24) is 0 Å². The third-order valence-corrected chi connectivity index (χ3v) is 2.40. The van der Waals surface area contributed by atoms with Crippen molar-refractivity contribution in [2.24, 2.45) is 5.92 Å². The molecular weight excluding hydrogens is 208 g/mol. The van der Waals surface area contributed by atoms with Crippen LogP contribution in [-0.2, 0) is 14.2 Å². The van der Waals surface area contributed by atoms with Gasteiger partial charge in [0.15, 0.2) is 0 Å². The fourth-order valence-corrected chi connectivity index (χ4v) is 1.16. The molecule has 0 bridgehead atoms. The molecule has 0 spiro atoms. The highest BCUT2D eigenvalue weighted by atomic mass is 16.5. The standard InChI is InChI=1S/C12H26O4/c1-5-12(8-15-6-10(2)13)9-16-7-11(3)14-4/h10-13H,5-9H2,1-4H3. The van der Waals surface area contributed by atoms with E-state index in [0.29, 0.717) is 32.3 Å². The average molecular weight is 234 g/mol. The highest BCUT2D eigenvalue weighted by Gasteiger charge is 2.09. The summed E-state index contributed by atoms with van der Waals surface area (Å²) in [6.07, 6.45) is 0.754. The minimum atomic E-state index is -0.396. The van der Waals surface area contributed by atoms with Crippen molar-refractivity contribution in [2.75, 3.05) is 33.5 Å². The van der Waals surface area contributed by atoms with Crippen molar-refractivity contribution in [3.63, 3.8) is 0 Å². The van der Waals surface area contributed by atoms with E-state index in [1.165, 1.54) is 0 Å². The van der Waals surface area contributed by atoms with Gasteiger partial charge in [-0.25, -0.2) is 0 Å². The van der Waals surface area contributed by atoms with Crippen molar-refractivity contribution >= 4 is 0 Å². The summed E-state index contributed by atoms with van der Waals surface area (Å²) in [5.41, 5.74) is 0. The van der Waals surface area contributed by atoms with Crippen LogP contribution in [-0.4, -0.2) is 50.9 Å². The molecule has 0 saturated heterocycles. The molecule has 4 heteroatoms. The maximum atomic E-state index is 9.05. The molecule has 0 aromatic carbocycles. The van der Waals surface area contributed by atoms with Gasteiger partial charge in [-0.2, -0.15) is 0 Å². The molecule has 0 aliphatic rings. The van der Waals surface area contributed by atoms with E-state index >= 15 is 0 Å². The third-order valence-electron chi connectivity index (χ3n) is 2.40. The van der Waals surface area contributed by atoms with E-state index < -0.39 is 6.10 Å². The SMILES string of the molecule is CCC(COCC(C)O)COCC(C)OC. The molecule has 0 aromatic heterocycles. The van der Waals surface area contributed by atoms with Crippen LogP contribution in [0.15, 0.2) is 0 Å². The van der Waals surface area contributed by atoms with E-state index in [1.54, 1.807) is 14.0 Å². The molecule has 0 rings (SSSR count). The predicted octanol–water partition coefficient (Wildman–Crippen LogP) is 1.46. The van der Waals surface area contributed by atoms with Gasteiger partial charge in [-0.05, 0) is 20.3 Å². The second-order valence-electron chi connectivity index (χ2n) is 4.24. The van der Waals surface area contributed by atoms with E-state index in [2.05, 4.69) is 6.92 Å². The molecule has 4 nitrogen and oxygen atoms in total. The summed E-state index contributed by atoms with van der Waals surface area (Å²) in [4.78, 5) is 0. The van der Waals surface area contributed by atoms with Gasteiger partial charge in [-0.15, -0.1) is 0 Å². The number of aliphatic hydroxyl groups is 1. The van der Waals surface area contributed by atoms with Gasteiger partial charge in [0.25, 0.3) is 0 Å². The molecule has 0 heterocycles. The van der Waals surface area contributed by atoms with Crippen LogP contribution in [0.2, 0.25) is 0 Å². The quantitative estimate of drug-likeness (QED) is 0.621. The molecule has 0 aliphatic carbocycles. The van der Waals surface area contributed by atoms with E-state index in [0.717, 1.165) is 6.42 Å². The summed E-state index contributed by atoms with van der Waals surface area (Å²) in [6, 6.07) is 0. The van der Waals surface area contributed by atoms with Gasteiger partial charge in [0.2, 0.25) is 0 Å². The Labute approximate surface area is 98.9 Å². The molecule has 16 heavy (non-hydrogen) atoms. The van der Waals surface area contributed by atoms with Crippen LogP contribution in [0.4, 0.5) is 0 Å². The van der Waals surface area contributed by atoms with Gasteiger partial charge >= 0.3 is 0 Å². The molecular formula is C12H26O4. The first-order chi connectivity index (χ1) is 7.60. The Hall–Kier alpha value is -0.160. The van der Waals surface area contributed by atoms with Crippen LogP contribution in [0, 0.1) is 5.92 Å². The monoisotopic (exact) mass is 234 g/mol. The van der Waals surface area contributed by atoms with Gasteiger partial charge in [0.1, 0.15) is 0 Å². The maximum Gasteiger partial charge on any atom is 0.0776 e. The van der Waals surface area contributed by atoms with E-state index in [1.807, 2.05) is 6.92 Å². The average Bonchev–Trinajstić information content (AvgIpc) is 2.26. The van der Waals surface area contributed by atoms with Crippen LogP contribution in [0.5, 0.6) is 0 Å². The van der Waals surface area contributed by atoms with Crippen LogP contribution >= 0.6 is 0 Å². The lowest BCUT2D eigenvalue weighted by Crippen LogP contribution is -2.22. The predicted molar refractivity (Wildman–Crippen MR) is 63.6 cm³/mol. The van der Waals surface area contributed by atoms with E-state index in [4.69, 9.17) is 19.3 Å². The number of aliphatic hydroxyl groups excluding tert-OH is 1. The fourth-order valence-electron chi connectivity index (χ4n) is 1.16. The largest absolute Gasteiger partial charge is 0.391 e. The Kier molecular flexibility index (Phi) is 9.92. The molecule has 0 saturated carbocycles.